The lowest BCUT2D eigenvalue weighted by Crippen LogP contribution is -2.65. The van der Waals surface area contributed by atoms with Gasteiger partial charge in [0.05, 0.1) is 18.8 Å². The third-order valence-corrected chi connectivity index (χ3v) is 42.7. The van der Waals surface area contributed by atoms with Crippen molar-refractivity contribution >= 4 is 0 Å². The van der Waals surface area contributed by atoms with Crippen molar-refractivity contribution < 1.29 is 9.47 Å². The van der Waals surface area contributed by atoms with E-state index in [9.17, 15) is 0 Å². The van der Waals surface area contributed by atoms with Crippen LogP contribution in [0.4, 0.5) is 0 Å². The van der Waals surface area contributed by atoms with Gasteiger partial charge in [-0.25, -0.2) is 0 Å². The molecule has 11 saturated carbocycles. The lowest BCUT2D eigenvalue weighted by atomic mass is 9.46. The Balaban J connectivity index is 0.000000156. The zero-order chi connectivity index (χ0) is 108. The molecule has 3 aromatic rings. The highest BCUT2D eigenvalue weighted by atomic mass is 16.5. The van der Waals surface area contributed by atoms with E-state index in [2.05, 4.69) is 259 Å². The Bertz CT molecular complexity index is 4040. The SMILES string of the molecule is CC(C)C1(C2CCNC2)CC1.CC(C)C12CCCC1CC2.CC(C)C1CCC12CCCCC2.CC(C)C1CCOC(CN)C1.CC(C)CC1(c2ccccc2)CC2(CNC2)C1.CC(C)CC12CCCNC1CCC2.CC(C)CC1C2CCCC1CC2.CC(C)CC1CCC2(CCNCC2)CO1.CC(C)CCC1CC(N)C1.CC(C)CCCC1CCCC1.CC(C)Cc1ccc2c(c1)CCC2.CC(C)Cc1ccc2c(c1)CCNCC2. The number of hydrogen-bond acceptors (Lipinski definition) is 9. The van der Waals surface area contributed by atoms with E-state index in [1.54, 1.807) is 72.8 Å². The second-order valence-electron chi connectivity index (χ2n) is 59.5. The van der Waals surface area contributed by atoms with Crippen molar-refractivity contribution in [2.24, 2.45) is 168 Å². The molecule has 9 N–H and O–H groups in total. The van der Waals surface area contributed by atoms with Crippen molar-refractivity contribution in [3.63, 3.8) is 0 Å². The summed E-state index contributed by atoms with van der Waals surface area (Å²) in [6.45, 7) is 69.8. The minimum Gasteiger partial charge on any atom is -0.378 e. The van der Waals surface area contributed by atoms with E-state index < -0.39 is 0 Å². The zero-order valence-electron chi connectivity index (χ0n) is 104. The lowest BCUT2D eigenvalue weighted by Gasteiger charge is -2.62. The number of aryl methyl sites for hydroxylation is 2. The quantitative estimate of drug-likeness (QED) is 0.0420. The Kier molecular flexibility index (Phi) is 54.1. The van der Waals surface area contributed by atoms with Crippen LogP contribution in [-0.2, 0) is 53.4 Å². The molecule has 2 bridgehead atoms. The molecule has 0 radical (unpaired) electrons. The first-order chi connectivity index (χ1) is 71.8. The Morgan fingerprint density at radius 3 is 1.49 bits per heavy atom. The molecule has 3 spiro atoms. The highest BCUT2D eigenvalue weighted by molar-refractivity contribution is 5.37. The summed E-state index contributed by atoms with van der Waals surface area (Å²) in [7, 11) is 0. The smallest absolute Gasteiger partial charge is 0.0700 e. The fourth-order valence-electron chi connectivity index (χ4n) is 33.8. The molecule has 11 unspecified atom stereocenters. The third-order valence-electron chi connectivity index (χ3n) is 42.7. The fourth-order valence-corrected chi connectivity index (χ4v) is 33.8. The molecule has 862 valence electrons. The second kappa shape index (κ2) is 63.6. The largest absolute Gasteiger partial charge is 0.378 e. The second-order valence-corrected chi connectivity index (χ2v) is 59.5. The molecule has 7 aliphatic heterocycles. The molecule has 3 aromatic carbocycles. The Morgan fingerprint density at radius 1 is 0.387 bits per heavy atom. The molecule has 12 aliphatic carbocycles. The van der Waals surface area contributed by atoms with Crippen molar-refractivity contribution in [2.45, 2.75) is 549 Å². The number of rotatable bonds is 26. The number of ether oxygens (including phenoxy) is 2. The predicted molar refractivity (Wildman–Crippen MR) is 653 cm³/mol. The normalized spacial score (nSPS) is 29.7. The van der Waals surface area contributed by atoms with Crippen LogP contribution in [0.1, 0.15) is 520 Å². The summed E-state index contributed by atoms with van der Waals surface area (Å²) in [5, 5.41) is 17.5. The first-order valence-corrected chi connectivity index (χ1v) is 66.3. The maximum atomic E-state index is 6.05. The molecular formula is C141H251N7O2. The first-order valence-electron chi connectivity index (χ1n) is 66.3. The van der Waals surface area contributed by atoms with Crippen LogP contribution in [0.3, 0.4) is 0 Å². The number of piperidine rings is 2. The van der Waals surface area contributed by atoms with Crippen LogP contribution in [0.5, 0.6) is 0 Å². The monoisotopic (exact) mass is 2070 g/mol. The minimum absolute atomic E-state index is 0.330. The van der Waals surface area contributed by atoms with Gasteiger partial charge in [-0.1, -0.05) is 342 Å². The van der Waals surface area contributed by atoms with Crippen LogP contribution in [0.2, 0.25) is 0 Å². The fraction of sp³-hybridized carbons (Fsp3) is 0.872. The summed E-state index contributed by atoms with van der Waals surface area (Å²) in [4.78, 5) is 0. The lowest BCUT2D eigenvalue weighted by molar-refractivity contribution is -0.0805. The van der Waals surface area contributed by atoms with Crippen LogP contribution < -0.4 is 38.1 Å². The van der Waals surface area contributed by atoms with Gasteiger partial charge in [-0.15, -0.1) is 0 Å². The van der Waals surface area contributed by atoms with Gasteiger partial charge in [0.15, 0.2) is 0 Å². The van der Waals surface area contributed by atoms with E-state index in [0.717, 1.165) is 179 Å². The van der Waals surface area contributed by atoms with Crippen molar-refractivity contribution in [3.05, 3.63) is 106 Å². The van der Waals surface area contributed by atoms with Crippen LogP contribution in [-0.4, -0.2) is 103 Å². The van der Waals surface area contributed by atoms with Gasteiger partial charge in [0, 0.05) is 38.3 Å². The number of fused-ring (bicyclic) bond motifs is 6. The summed E-state index contributed by atoms with van der Waals surface area (Å²) in [5.41, 5.74) is 27.0. The van der Waals surface area contributed by atoms with E-state index in [0.29, 0.717) is 46.5 Å². The van der Waals surface area contributed by atoms with Gasteiger partial charge in [-0.3, -0.25) is 0 Å². The van der Waals surface area contributed by atoms with Gasteiger partial charge in [0.25, 0.3) is 0 Å². The molecule has 150 heavy (non-hydrogen) atoms. The number of nitrogens with two attached hydrogens (primary N) is 2. The first kappa shape index (κ1) is 127. The van der Waals surface area contributed by atoms with Gasteiger partial charge in [0.1, 0.15) is 0 Å². The molecule has 17 fully saturated rings. The average molecular weight is 2080 g/mol. The predicted octanol–water partition coefficient (Wildman–Crippen LogP) is 35.5. The van der Waals surface area contributed by atoms with Gasteiger partial charge in [-0.05, 0) is 491 Å². The van der Waals surface area contributed by atoms with Crippen molar-refractivity contribution in [1.29, 1.82) is 0 Å². The molecule has 0 aromatic heterocycles. The summed E-state index contributed by atoms with van der Waals surface area (Å²) >= 11 is 0. The van der Waals surface area contributed by atoms with Gasteiger partial charge in [0.2, 0.25) is 0 Å². The topological polar surface area (TPSA) is 131 Å². The summed E-state index contributed by atoms with van der Waals surface area (Å²) < 4.78 is 11.5. The molecule has 11 atom stereocenters. The van der Waals surface area contributed by atoms with Crippen LogP contribution >= 0.6 is 0 Å². The number of benzene rings is 3. The summed E-state index contributed by atoms with van der Waals surface area (Å²) in [6, 6.07) is 26.7. The number of nitrogens with one attached hydrogen (secondary N) is 5. The maximum absolute atomic E-state index is 6.05. The van der Waals surface area contributed by atoms with E-state index in [1.165, 1.54) is 359 Å². The van der Waals surface area contributed by atoms with E-state index in [-0.39, 0.29) is 0 Å². The number of hydrogen-bond donors (Lipinski definition) is 7. The van der Waals surface area contributed by atoms with Crippen LogP contribution in [0.25, 0.3) is 0 Å². The summed E-state index contributed by atoms with van der Waals surface area (Å²) in [5.74, 6) is 19.8. The molecule has 22 rings (SSSR count). The van der Waals surface area contributed by atoms with Crippen molar-refractivity contribution in [2.75, 3.05) is 78.7 Å². The van der Waals surface area contributed by atoms with Gasteiger partial charge < -0.3 is 47.5 Å². The maximum Gasteiger partial charge on any atom is 0.0700 e. The summed E-state index contributed by atoms with van der Waals surface area (Å²) in [6.07, 6.45) is 79.4. The Morgan fingerprint density at radius 2 is 0.987 bits per heavy atom. The van der Waals surface area contributed by atoms with E-state index in [4.69, 9.17) is 20.9 Å². The highest BCUT2D eigenvalue weighted by Crippen LogP contribution is 2.64. The standard InChI is InChI=1S/C16H23N.C14H21N.C13H25NO.C13H18.C12H23N.2C12H22.C11H22.C10H19N.C10H18.C9H19NO.C9H19N/c1-13(2)8-16(14-6-4-3-5-7-14)9-15(10-16)11-17-12-15;1-11(2)9-12-3-4-13-5-7-15-8-6-14(13)10-12;1-11(2)9-12-3-4-13(10-15-12)5-7-14-8-6-13;1-10(2)8-11-6-7-12-4-3-5-13(12)9-11;1-10(2)9-12-6-3-5-11(12)13-8-4-7-12;1-9(2)8-12-10-4-3-5-11(12)7-6-10;1-10(2)11-6-9-12(11)7-4-3-5-8-12;1-10(2)6-5-9-11-7-3-4-8-11;1-8(2)10(4-5-10)9-3-6-11-7-9;1-8(2)10-6-3-4-9(10)5-7-10;1-7(2)8-3-4-11-9(5-8)6-10;1-7(2)3-4-8-5-9(10)6-8/h3-7,13,17H,8-12H2,1-2H3;3-4,10-11,15H,5-9H2,1-2H3;11-12,14H,3-10H2,1-2H3;6-7,9-10H,3-5,8H2,1-2H3;10-11,13H,3-9H2,1-2H3;9-12H,3-8H2,1-2H3;10-11H,3-9H2,1-2H3;10-11H,3-9H2,1-2H3;8-9,11H,3-7H2,1-2H3;8-9H,3-7H2,1-2H3;7-9H,3-6,10H2,1-2H3;7-9H,3-6,10H2,1-2H3. The van der Waals surface area contributed by atoms with Crippen molar-refractivity contribution in [1.82, 2.24) is 26.6 Å². The van der Waals surface area contributed by atoms with Crippen LogP contribution in [0.15, 0.2) is 66.7 Å². The van der Waals surface area contributed by atoms with Gasteiger partial charge in [-0.2, -0.15) is 0 Å². The molecule has 0 amide bonds. The Hall–Kier alpha value is -2.70. The minimum atomic E-state index is 0.330. The molecule has 7 heterocycles. The van der Waals surface area contributed by atoms with E-state index >= 15 is 0 Å². The highest BCUT2D eigenvalue weighted by Gasteiger charge is 2.58. The molecular weight excluding hydrogens is 1820 g/mol. The van der Waals surface area contributed by atoms with Crippen LogP contribution in [0, 0.1) is 157 Å². The van der Waals surface area contributed by atoms with Crippen molar-refractivity contribution in [3.8, 4) is 0 Å². The molecule has 6 saturated heterocycles. The molecule has 19 aliphatic rings. The van der Waals surface area contributed by atoms with E-state index in [1.807, 2.05) is 0 Å². The molecule has 9 nitrogen and oxygen atoms in total. The third kappa shape index (κ3) is 39.6. The molecule has 9 heteroatoms. The zero-order valence-corrected chi connectivity index (χ0v) is 104. The van der Waals surface area contributed by atoms with Gasteiger partial charge >= 0.3 is 0 Å². The Labute approximate surface area is 931 Å². The average Bonchev–Trinajstić information content (AvgIpc) is 0.897.